The van der Waals surface area contributed by atoms with Crippen LogP contribution in [0.5, 0.6) is 0 Å². The number of nitrogens with one attached hydrogen (secondary N) is 4. The maximum absolute atomic E-state index is 13.1. The maximum Gasteiger partial charge on any atom is 0.246 e. The topological polar surface area (TPSA) is 152 Å². The number of rotatable bonds is 21. The fourth-order valence-electron chi connectivity index (χ4n) is 5.74. The van der Waals surface area contributed by atoms with Crippen LogP contribution >= 0.6 is 0 Å². The molecule has 13 heteroatoms. The summed E-state index contributed by atoms with van der Waals surface area (Å²) in [5.41, 5.74) is 2.61. The second kappa shape index (κ2) is 21.2. The average molecular weight is 713 g/mol. The van der Waals surface area contributed by atoms with Gasteiger partial charge in [0.05, 0.1) is 38.2 Å². The number of piperidine rings is 1. The van der Waals surface area contributed by atoms with Crippen LogP contribution in [0.2, 0.25) is 0 Å². The van der Waals surface area contributed by atoms with Crippen molar-refractivity contribution in [3.05, 3.63) is 41.7 Å². The van der Waals surface area contributed by atoms with Crippen molar-refractivity contribution in [2.24, 2.45) is 11.8 Å². The summed E-state index contributed by atoms with van der Waals surface area (Å²) in [4.78, 5) is 41.2. The zero-order valence-corrected chi connectivity index (χ0v) is 32.3. The van der Waals surface area contributed by atoms with Crippen molar-refractivity contribution in [2.75, 3.05) is 38.2 Å². The number of nitrogens with zero attached hydrogens (tertiary/aromatic N) is 4. The summed E-state index contributed by atoms with van der Waals surface area (Å²) in [6.45, 7) is 21.9. The molecule has 1 aliphatic heterocycles. The summed E-state index contributed by atoms with van der Waals surface area (Å²) in [7, 11) is 0. The SMILES string of the molecule is CC(C)OCc1ccc(NC(=O)[C@H](C)NC(=O)[C@@H](NC(=O)CCCC2CCN(CCOCCn3cc(CNC(C)(C)C)nn3)CC2)C(C)C)cc1. The lowest BCUT2D eigenvalue weighted by Gasteiger charge is -2.31. The van der Waals surface area contributed by atoms with Gasteiger partial charge in [-0.3, -0.25) is 14.4 Å². The first-order valence-electron chi connectivity index (χ1n) is 18.7. The number of hydrogen-bond acceptors (Lipinski definition) is 9. The Labute approximate surface area is 305 Å². The number of carbonyl (C=O) groups is 3. The van der Waals surface area contributed by atoms with Crippen molar-refractivity contribution in [1.82, 2.24) is 35.8 Å². The molecule has 2 heterocycles. The minimum atomic E-state index is -0.772. The second-order valence-corrected chi connectivity index (χ2v) is 15.4. The Balaban J connectivity index is 1.27. The molecule has 2 aromatic rings. The third kappa shape index (κ3) is 16.7. The minimum absolute atomic E-state index is 0.0398. The molecule has 0 saturated carbocycles. The van der Waals surface area contributed by atoms with Gasteiger partial charge in [-0.2, -0.15) is 0 Å². The molecule has 51 heavy (non-hydrogen) atoms. The van der Waals surface area contributed by atoms with E-state index < -0.39 is 12.1 Å². The summed E-state index contributed by atoms with van der Waals surface area (Å²) in [6.07, 6.45) is 6.47. The highest BCUT2D eigenvalue weighted by atomic mass is 16.5. The van der Waals surface area contributed by atoms with Gasteiger partial charge in [0.2, 0.25) is 17.7 Å². The molecule has 1 aromatic carbocycles. The maximum atomic E-state index is 13.1. The molecular weight excluding hydrogens is 648 g/mol. The Morgan fingerprint density at radius 3 is 2.27 bits per heavy atom. The Bertz CT molecular complexity index is 1330. The Hall–Kier alpha value is -3.39. The number of hydrogen-bond donors (Lipinski definition) is 4. The van der Waals surface area contributed by atoms with Gasteiger partial charge in [0.25, 0.3) is 0 Å². The molecule has 1 aromatic heterocycles. The lowest BCUT2D eigenvalue weighted by Crippen LogP contribution is -2.53. The molecule has 286 valence electrons. The highest BCUT2D eigenvalue weighted by molar-refractivity contribution is 5.98. The Kier molecular flexibility index (Phi) is 17.5. The van der Waals surface area contributed by atoms with Crippen molar-refractivity contribution in [2.45, 2.75) is 131 Å². The number of ether oxygens (including phenoxy) is 2. The molecule has 13 nitrogen and oxygen atoms in total. The van der Waals surface area contributed by atoms with Gasteiger partial charge in [-0.05, 0) is 110 Å². The molecule has 1 aliphatic rings. The number of aromatic nitrogens is 3. The lowest BCUT2D eigenvalue weighted by molar-refractivity contribution is -0.131. The predicted octanol–water partition coefficient (Wildman–Crippen LogP) is 4.27. The van der Waals surface area contributed by atoms with Gasteiger partial charge >= 0.3 is 0 Å². The van der Waals surface area contributed by atoms with E-state index in [1.54, 1.807) is 6.92 Å². The predicted molar refractivity (Wildman–Crippen MR) is 200 cm³/mol. The third-order valence-electron chi connectivity index (χ3n) is 8.95. The fourth-order valence-corrected chi connectivity index (χ4v) is 5.74. The standard InChI is InChI=1S/C38H64N8O5/c1-27(2)35(37(49)40-29(5)36(48)41-32-14-12-31(13-15-32)26-51-28(3)4)42-34(47)11-9-10-30-16-18-45(19-17-30)20-22-50-23-21-46-25-33(43-44-46)24-39-38(6,7)8/h12-15,25,27-30,35,39H,9-11,16-24,26H2,1-8H3,(H,40,49)(H,41,48)(H,42,47)/t29-,35-/m0/s1. The van der Waals surface area contributed by atoms with Gasteiger partial charge in [0.15, 0.2) is 0 Å². The summed E-state index contributed by atoms with van der Waals surface area (Å²) in [6, 6.07) is 5.94. The van der Waals surface area contributed by atoms with Crippen LogP contribution in [0.4, 0.5) is 5.69 Å². The molecule has 3 amide bonds. The number of benzene rings is 1. The fraction of sp³-hybridized carbons (Fsp3) is 0.711. The van der Waals surface area contributed by atoms with Gasteiger partial charge in [-0.1, -0.05) is 31.2 Å². The van der Waals surface area contributed by atoms with Crippen LogP contribution < -0.4 is 21.3 Å². The van der Waals surface area contributed by atoms with Crippen LogP contribution in [-0.4, -0.2) is 94.2 Å². The number of amides is 3. The van der Waals surface area contributed by atoms with E-state index in [0.29, 0.717) is 50.9 Å². The zero-order valence-electron chi connectivity index (χ0n) is 32.3. The van der Waals surface area contributed by atoms with Crippen LogP contribution in [0.15, 0.2) is 30.5 Å². The molecule has 1 fully saturated rings. The van der Waals surface area contributed by atoms with Gasteiger partial charge in [0.1, 0.15) is 12.1 Å². The molecule has 4 N–H and O–H groups in total. The highest BCUT2D eigenvalue weighted by Gasteiger charge is 2.27. The molecule has 0 bridgehead atoms. The van der Waals surface area contributed by atoms with Crippen LogP contribution in [0.3, 0.4) is 0 Å². The normalized spacial score (nSPS) is 15.6. The van der Waals surface area contributed by atoms with Crippen LogP contribution in [-0.2, 0) is 43.6 Å². The van der Waals surface area contributed by atoms with Gasteiger partial charge < -0.3 is 35.6 Å². The number of anilines is 1. The summed E-state index contributed by atoms with van der Waals surface area (Å²) >= 11 is 0. The third-order valence-corrected chi connectivity index (χ3v) is 8.95. The second-order valence-electron chi connectivity index (χ2n) is 15.4. The summed E-state index contributed by atoms with van der Waals surface area (Å²) < 4.78 is 13.3. The molecule has 0 radical (unpaired) electrons. The minimum Gasteiger partial charge on any atom is -0.378 e. The van der Waals surface area contributed by atoms with E-state index in [-0.39, 0.29) is 35.3 Å². The van der Waals surface area contributed by atoms with E-state index in [9.17, 15) is 14.4 Å². The first-order valence-corrected chi connectivity index (χ1v) is 18.7. The van der Waals surface area contributed by atoms with E-state index in [2.05, 4.69) is 57.3 Å². The number of carbonyl (C=O) groups excluding carboxylic acids is 3. The molecule has 1 saturated heterocycles. The van der Waals surface area contributed by atoms with Gasteiger partial charge in [-0.15, -0.1) is 5.10 Å². The Morgan fingerprint density at radius 2 is 1.63 bits per heavy atom. The smallest absolute Gasteiger partial charge is 0.246 e. The number of likely N-dealkylation sites (tertiary alicyclic amines) is 1. The van der Waals surface area contributed by atoms with E-state index in [0.717, 1.165) is 56.6 Å². The van der Waals surface area contributed by atoms with Crippen molar-refractivity contribution in [3.8, 4) is 0 Å². The molecular formula is C38H64N8O5. The van der Waals surface area contributed by atoms with Crippen molar-refractivity contribution < 1.29 is 23.9 Å². The molecule has 3 rings (SSSR count). The van der Waals surface area contributed by atoms with Crippen molar-refractivity contribution >= 4 is 23.4 Å². The molecule has 0 spiro atoms. The van der Waals surface area contributed by atoms with Gasteiger partial charge in [0, 0.05) is 36.9 Å². The van der Waals surface area contributed by atoms with Crippen LogP contribution in [0.1, 0.15) is 98.8 Å². The van der Waals surface area contributed by atoms with E-state index in [1.807, 2.05) is 62.8 Å². The van der Waals surface area contributed by atoms with Crippen LogP contribution in [0, 0.1) is 11.8 Å². The van der Waals surface area contributed by atoms with E-state index in [4.69, 9.17) is 9.47 Å². The quantitative estimate of drug-likeness (QED) is 0.139. The summed E-state index contributed by atoms with van der Waals surface area (Å²) in [5, 5.41) is 20.4. The first kappa shape index (κ1) is 42.0. The Morgan fingerprint density at radius 1 is 0.941 bits per heavy atom. The zero-order chi connectivity index (χ0) is 37.4. The average Bonchev–Trinajstić information content (AvgIpc) is 3.53. The van der Waals surface area contributed by atoms with Crippen molar-refractivity contribution in [1.29, 1.82) is 0 Å². The lowest BCUT2D eigenvalue weighted by atomic mass is 9.91. The first-order chi connectivity index (χ1) is 24.2. The van der Waals surface area contributed by atoms with E-state index >= 15 is 0 Å². The van der Waals surface area contributed by atoms with Gasteiger partial charge in [-0.25, -0.2) is 4.68 Å². The molecule has 2 atom stereocenters. The monoisotopic (exact) mass is 712 g/mol. The molecule has 0 unspecified atom stereocenters. The highest BCUT2D eigenvalue weighted by Crippen LogP contribution is 2.22. The van der Waals surface area contributed by atoms with Crippen LogP contribution in [0.25, 0.3) is 0 Å². The van der Waals surface area contributed by atoms with Crippen molar-refractivity contribution in [3.63, 3.8) is 0 Å². The molecule has 0 aliphatic carbocycles. The summed E-state index contributed by atoms with van der Waals surface area (Å²) in [5.74, 6) is -0.369. The largest absolute Gasteiger partial charge is 0.378 e. The van der Waals surface area contributed by atoms with E-state index in [1.165, 1.54) is 0 Å².